The lowest BCUT2D eigenvalue weighted by Crippen LogP contribution is -2.36. The van der Waals surface area contributed by atoms with Crippen LogP contribution in [-0.4, -0.2) is 42.0 Å². The van der Waals surface area contributed by atoms with Gasteiger partial charge in [0.25, 0.3) is 0 Å². The number of thioether (sulfide) groups is 1. The maximum absolute atomic E-state index is 13.0. The number of nitrogens with zero attached hydrogens (tertiary/aromatic N) is 3. The summed E-state index contributed by atoms with van der Waals surface area (Å²) in [6, 6.07) is 13.7. The summed E-state index contributed by atoms with van der Waals surface area (Å²) in [5, 5.41) is 0.776. The highest BCUT2D eigenvalue weighted by molar-refractivity contribution is 7.99. The van der Waals surface area contributed by atoms with Crippen LogP contribution in [0.4, 0.5) is 5.69 Å². The number of hydrogen-bond donors (Lipinski definition) is 0. The summed E-state index contributed by atoms with van der Waals surface area (Å²) in [7, 11) is 3.31. The van der Waals surface area contributed by atoms with E-state index in [-0.39, 0.29) is 5.91 Å². The molecule has 0 saturated heterocycles. The van der Waals surface area contributed by atoms with E-state index in [1.807, 2.05) is 58.1 Å². The Morgan fingerprint density at radius 2 is 1.97 bits per heavy atom. The summed E-state index contributed by atoms with van der Waals surface area (Å²) in [5.74, 6) is 2.02. The third kappa shape index (κ3) is 4.10. The number of methoxy groups -OCH3 is 2. The molecule has 2 aromatic carbocycles. The first kappa shape index (κ1) is 19.4. The smallest absolute Gasteiger partial charge is 0.237 e. The number of amides is 1. The van der Waals surface area contributed by atoms with Gasteiger partial charge >= 0.3 is 0 Å². The Kier molecular flexibility index (Phi) is 5.76. The van der Waals surface area contributed by atoms with E-state index in [4.69, 9.17) is 9.47 Å². The zero-order valence-corrected chi connectivity index (χ0v) is 17.3. The van der Waals surface area contributed by atoms with Crippen LogP contribution in [0.3, 0.4) is 0 Å². The molecule has 0 saturated carbocycles. The van der Waals surface area contributed by atoms with Gasteiger partial charge in [0.2, 0.25) is 5.91 Å². The summed E-state index contributed by atoms with van der Waals surface area (Å²) in [4.78, 5) is 19.3. The molecule has 0 bridgehead atoms. The topological polar surface area (TPSA) is 56.6 Å². The first-order valence-corrected chi connectivity index (χ1v) is 10.5. The number of aromatic nitrogens is 2. The van der Waals surface area contributed by atoms with Crippen LogP contribution in [0.2, 0.25) is 0 Å². The molecule has 150 valence electrons. The van der Waals surface area contributed by atoms with Crippen molar-refractivity contribution in [3.63, 3.8) is 0 Å². The van der Waals surface area contributed by atoms with Crippen molar-refractivity contribution >= 4 is 23.4 Å². The Labute approximate surface area is 174 Å². The molecule has 0 N–H and O–H groups in total. The highest BCUT2D eigenvalue weighted by Crippen LogP contribution is 2.31. The van der Waals surface area contributed by atoms with Gasteiger partial charge in [0, 0.05) is 30.7 Å². The van der Waals surface area contributed by atoms with Crippen molar-refractivity contribution in [2.45, 2.75) is 18.0 Å². The minimum atomic E-state index is 0.0845. The standard InChI is InChI=1S/C22H23N3O3S/c1-27-18-7-3-6-17(14-18)24-12-10-23-22(24)29-15-21(26)25-11-4-5-16-13-19(28-2)8-9-20(16)25/h3,6-10,12-14H,4-5,11,15H2,1-2H3. The second-order valence-electron chi connectivity index (χ2n) is 6.71. The molecule has 0 unspecified atom stereocenters. The van der Waals surface area contributed by atoms with Crippen LogP contribution in [0, 0.1) is 0 Å². The number of aryl methyl sites for hydroxylation is 1. The van der Waals surface area contributed by atoms with E-state index in [2.05, 4.69) is 4.98 Å². The van der Waals surface area contributed by atoms with E-state index in [9.17, 15) is 4.79 Å². The van der Waals surface area contributed by atoms with Crippen molar-refractivity contribution in [3.05, 3.63) is 60.4 Å². The van der Waals surface area contributed by atoms with E-state index in [0.29, 0.717) is 5.75 Å². The zero-order chi connectivity index (χ0) is 20.2. The number of anilines is 1. The van der Waals surface area contributed by atoms with Gasteiger partial charge in [-0.1, -0.05) is 17.8 Å². The lowest BCUT2D eigenvalue weighted by atomic mass is 10.0. The number of rotatable bonds is 6. The Morgan fingerprint density at radius 1 is 1.14 bits per heavy atom. The van der Waals surface area contributed by atoms with Gasteiger partial charge in [-0.25, -0.2) is 4.98 Å². The molecule has 0 aliphatic carbocycles. The number of hydrogen-bond acceptors (Lipinski definition) is 5. The van der Waals surface area contributed by atoms with Crippen molar-refractivity contribution < 1.29 is 14.3 Å². The number of carbonyl (C=O) groups is 1. The molecule has 0 spiro atoms. The SMILES string of the molecule is COc1cccc(-n2ccnc2SCC(=O)N2CCCc3cc(OC)ccc32)c1. The molecular formula is C22H23N3O3S. The Balaban J connectivity index is 1.49. The predicted octanol–water partition coefficient (Wildman–Crippen LogP) is 3.96. The fourth-order valence-electron chi connectivity index (χ4n) is 3.52. The average molecular weight is 410 g/mol. The molecule has 1 amide bonds. The van der Waals surface area contributed by atoms with Crippen LogP contribution in [0.25, 0.3) is 5.69 Å². The Bertz CT molecular complexity index is 1020. The third-order valence-corrected chi connectivity index (χ3v) is 5.92. The summed E-state index contributed by atoms with van der Waals surface area (Å²) in [6.07, 6.45) is 5.55. The Hall–Kier alpha value is -2.93. The van der Waals surface area contributed by atoms with E-state index in [1.54, 1.807) is 20.4 Å². The van der Waals surface area contributed by atoms with E-state index < -0.39 is 0 Å². The van der Waals surface area contributed by atoms with E-state index in [1.165, 1.54) is 11.8 Å². The zero-order valence-electron chi connectivity index (χ0n) is 16.5. The summed E-state index contributed by atoms with van der Waals surface area (Å²) >= 11 is 1.44. The summed E-state index contributed by atoms with van der Waals surface area (Å²) < 4.78 is 12.6. The quantitative estimate of drug-likeness (QED) is 0.577. The van der Waals surface area contributed by atoms with Gasteiger partial charge in [-0.15, -0.1) is 0 Å². The van der Waals surface area contributed by atoms with Gasteiger partial charge in [0.15, 0.2) is 5.16 Å². The van der Waals surface area contributed by atoms with Gasteiger partial charge in [-0.05, 0) is 48.7 Å². The van der Waals surface area contributed by atoms with Gasteiger partial charge in [0.1, 0.15) is 11.5 Å². The van der Waals surface area contributed by atoms with Crippen molar-refractivity contribution in [3.8, 4) is 17.2 Å². The highest BCUT2D eigenvalue weighted by atomic mass is 32.2. The van der Waals surface area contributed by atoms with Crippen LogP contribution < -0.4 is 14.4 Å². The maximum atomic E-state index is 13.0. The van der Waals surface area contributed by atoms with Gasteiger partial charge in [0.05, 0.1) is 25.7 Å². The maximum Gasteiger partial charge on any atom is 0.237 e. The van der Waals surface area contributed by atoms with Gasteiger partial charge < -0.3 is 14.4 Å². The minimum absolute atomic E-state index is 0.0845. The van der Waals surface area contributed by atoms with Crippen molar-refractivity contribution in [2.24, 2.45) is 0 Å². The molecule has 0 fully saturated rings. The number of fused-ring (bicyclic) bond motifs is 1. The second-order valence-corrected chi connectivity index (χ2v) is 7.66. The fraction of sp³-hybridized carbons (Fsp3) is 0.273. The third-order valence-electron chi connectivity index (χ3n) is 4.97. The molecule has 0 atom stereocenters. The number of ether oxygens (including phenoxy) is 2. The molecule has 1 aromatic heterocycles. The Morgan fingerprint density at radius 3 is 2.79 bits per heavy atom. The van der Waals surface area contributed by atoms with Crippen LogP contribution in [0.5, 0.6) is 11.5 Å². The van der Waals surface area contributed by atoms with Crippen LogP contribution in [-0.2, 0) is 11.2 Å². The molecule has 3 aromatic rings. The fourth-order valence-corrected chi connectivity index (χ4v) is 4.37. The van der Waals surface area contributed by atoms with Crippen molar-refractivity contribution in [1.82, 2.24) is 9.55 Å². The molecular weight excluding hydrogens is 386 g/mol. The van der Waals surface area contributed by atoms with E-state index >= 15 is 0 Å². The number of benzene rings is 2. The first-order valence-electron chi connectivity index (χ1n) is 9.47. The van der Waals surface area contributed by atoms with Crippen molar-refractivity contribution in [2.75, 3.05) is 31.4 Å². The lowest BCUT2D eigenvalue weighted by molar-refractivity contribution is -0.116. The van der Waals surface area contributed by atoms with Gasteiger partial charge in [-0.2, -0.15) is 0 Å². The molecule has 29 heavy (non-hydrogen) atoms. The van der Waals surface area contributed by atoms with Crippen molar-refractivity contribution in [1.29, 1.82) is 0 Å². The normalized spacial score (nSPS) is 13.1. The number of carbonyl (C=O) groups excluding carboxylic acids is 1. The molecule has 7 heteroatoms. The lowest BCUT2D eigenvalue weighted by Gasteiger charge is -2.29. The van der Waals surface area contributed by atoms with Crippen LogP contribution >= 0.6 is 11.8 Å². The molecule has 4 rings (SSSR count). The summed E-state index contributed by atoms with van der Waals surface area (Å²) in [5.41, 5.74) is 3.10. The summed E-state index contributed by atoms with van der Waals surface area (Å²) in [6.45, 7) is 0.739. The number of imidazole rings is 1. The largest absolute Gasteiger partial charge is 0.497 e. The molecule has 6 nitrogen and oxygen atoms in total. The first-order chi connectivity index (χ1) is 14.2. The molecule has 1 aliphatic rings. The minimum Gasteiger partial charge on any atom is -0.497 e. The average Bonchev–Trinajstić information content (AvgIpc) is 3.25. The molecule has 1 aliphatic heterocycles. The van der Waals surface area contributed by atoms with Gasteiger partial charge in [-0.3, -0.25) is 9.36 Å². The highest BCUT2D eigenvalue weighted by Gasteiger charge is 2.23. The monoisotopic (exact) mass is 409 g/mol. The molecule has 2 heterocycles. The molecule has 0 radical (unpaired) electrons. The van der Waals surface area contributed by atoms with Crippen LogP contribution in [0.1, 0.15) is 12.0 Å². The predicted molar refractivity (Wildman–Crippen MR) is 115 cm³/mol. The van der Waals surface area contributed by atoms with Crippen LogP contribution in [0.15, 0.2) is 60.0 Å². The second kappa shape index (κ2) is 8.61. The van der Waals surface area contributed by atoms with E-state index in [0.717, 1.165) is 53.0 Å².